The lowest BCUT2D eigenvalue weighted by Crippen LogP contribution is -3.28. The molecule has 6 nitrogen and oxygen atoms in total. The monoisotopic (exact) mass is 323 g/mol. The zero-order chi connectivity index (χ0) is 16.7. The number of rotatable bonds is 7. The molecule has 6 heteroatoms. The number of anilines is 1. The van der Waals surface area contributed by atoms with E-state index in [1.165, 1.54) is 24.5 Å². The predicted molar refractivity (Wildman–Crippen MR) is 89.6 cm³/mol. The number of likely N-dealkylation sites (N-methyl/N-ethyl adjacent to an activating group) is 1. The zero-order valence-corrected chi connectivity index (χ0v) is 14.4. The molecular formula is C17H29N3O3+2. The first kappa shape index (κ1) is 17.6. The molecule has 0 aromatic heterocycles. The lowest BCUT2D eigenvalue weighted by Gasteiger charge is -2.28. The van der Waals surface area contributed by atoms with Crippen LogP contribution in [0.3, 0.4) is 0 Å². The third-order valence-corrected chi connectivity index (χ3v) is 4.51. The van der Waals surface area contributed by atoms with Crippen LogP contribution in [0.5, 0.6) is 11.5 Å². The van der Waals surface area contributed by atoms with Gasteiger partial charge in [0.15, 0.2) is 0 Å². The predicted octanol–water partition coefficient (Wildman–Crippen LogP) is -1.16. The Morgan fingerprint density at radius 1 is 1.04 bits per heavy atom. The van der Waals surface area contributed by atoms with Crippen LogP contribution in [0.15, 0.2) is 18.2 Å². The van der Waals surface area contributed by atoms with Crippen LogP contribution in [-0.2, 0) is 4.79 Å². The first-order valence-electron chi connectivity index (χ1n) is 8.34. The molecule has 1 aliphatic heterocycles. The standard InChI is InChI=1S/C17H27N3O3/c1-4-19-7-9-20(10-8-19)6-5-17(21)18-14-11-15(22-2)13-16(12-14)23-3/h11-13H,4-10H2,1-3H3,(H,18,21)/p+2. The number of hydrogen-bond acceptors (Lipinski definition) is 3. The Hall–Kier alpha value is -1.79. The average molecular weight is 323 g/mol. The summed E-state index contributed by atoms with van der Waals surface area (Å²) in [7, 11) is 3.20. The molecular weight excluding hydrogens is 294 g/mol. The largest absolute Gasteiger partial charge is 0.497 e. The van der Waals surface area contributed by atoms with Crippen LogP contribution in [0.4, 0.5) is 5.69 Å². The van der Waals surface area contributed by atoms with Crippen LogP contribution in [0.2, 0.25) is 0 Å². The van der Waals surface area contributed by atoms with Crippen LogP contribution in [0.25, 0.3) is 0 Å². The highest BCUT2D eigenvalue weighted by Crippen LogP contribution is 2.25. The molecule has 0 atom stereocenters. The van der Waals surface area contributed by atoms with E-state index in [-0.39, 0.29) is 5.91 Å². The van der Waals surface area contributed by atoms with Gasteiger partial charge in [-0.15, -0.1) is 0 Å². The van der Waals surface area contributed by atoms with E-state index < -0.39 is 0 Å². The van der Waals surface area contributed by atoms with Gasteiger partial charge in [0.25, 0.3) is 0 Å². The summed E-state index contributed by atoms with van der Waals surface area (Å²) in [5, 5.41) is 2.93. The molecule has 0 unspecified atom stereocenters. The molecule has 1 fully saturated rings. The number of methoxy groups -OCH3 is 2. The molecule has 2 rings (SSSR count). The van der Waals surface area contributed by atoms with Gasteiger partial charge in [-0.3, -0.25) is 4.79 Å². The van der Waals surface area contributed by atoms with Crippen LogP contribution in [-0.4, -0.2) is 59.4 Å². The summed E-state index contributed by atoms with van der Waals surface area (Å²) in [4.78, 5) is 15.4. The SMILES string of the molecule is CC[NH+]1CC[NH+](CCC(=O)Nc2cc(OC)cc(OC)c2)CC1. The maximum Gasteiger partial charge on any atom is 0.230 e. The van der Waals surface area contributed by atoms with Gasteiger partial charge in [-0.05, 0) is 6.92 Å². The molecule has 128 valence electrons. The van der Waals surface area contributed by atoms with Crippen molar-refractivity contribution in [3.63, 3.8) is 0 Å². The topological polar surface area (TPSA) is 56.4 Å². The summed E-state index contributed by atoms with van der Waals surface area (Å²) < 4.78 is 10.4. The Morgan fingerprint density at radius 3 is 2.13 bits per heavy atom. The number of carbonyl (C=O) groups excluding carboxylic acids is 1. The van der Waals surface area contributed by atoms with Crippen molar-refractivity contribution >= 4 is 11.6 Å². The second-order valence-electron chi connectivity index (χ2n) is 6.00. The van der Waals surface area contributed by atoms with Crippen LogP contribution in [0.1, 0.15) is 13.3 Å². The molecule has 23 heavy (non-hydrogen) atoms. The Bertz CT molecular complexity index is 492. The van der Waals surface area contributed by atoms with Gasteiger partial charge < -0.3 is 24.6 Å². The van der Waals surface area contributed by atoms with E-state index in [2.05, 4.69) is 12.2 Å². The highest BCUT2D eigenvalue weighted by Gasteiger charge is 2.21. The van der Waals surface area contributed by atoms with Crippen molar-refractivity contribution in [2.45, 2.75) is 13.3 Å². The van der Waals surface area contributed by atoms with E-state index in [1.54, 1.807) is 37.3 Å². The van der Waals surface area contributed by atoms with Crippen molar-refractivity contribution in [3.05, 3.63) is 18.2 Å². The van der Waals surface area contributed by atoms with Gasteiger partial charge >= 0.3 is 0 Å². The van der Waals surface area contributed by atoms with Crippen molar-refractivity contribution in [3.8, 4) is 11.5 Å². The molecule has 1 amide bonds. The molecule has 0 spiro atoms. The first-order chi connectivity index (χ1) is 11.1. The minimum absolute atomic E-state index is 0.0399. The fourth-order valence-electron chi connectivity index (χ4n) is 2.95. The van der Waals surface area contributed by atoms with Gasteiger partial charge in [0.1, 0.15) is 37.7 Å². The summed E-state index contributed by atoms with van der Waals surface area (Å²) in [6, 6.07) is 5.39. The molecule has 1 aliphatic rings. The molecule has 0 radical (unpaired) electrons. The van der Waals surface area contributed by atoms with Gasteiger partial charge in [0, 0.05) is 23.9 Å². The minimum atomic E-state index is 0.0399. The van der Waals surface area contributed by atoms with Crippen LogP contribution < -0.4 is 24.6 Å². The molecule has 0 aliphatic carbocycles. The molecule has 1 aromatic carbocycles. The number of nitrogens with one attached hydrogen (secondary N) is 3. The number of hydrogen-bond donors (Lipinski definition) is 3. The Kier molecular flexibility index (Phi) is 6.67. The fraction of sp³-hybridized carbons (Fsp3) is 0.588. The Morgan fingerprint density at radius 2 is 1.61 bits per heavy atom. The summed E-state index contributed by atoms with van der Waals surface area (Å²) in [5.41, 5.74) is 0.710. The summed E-state index contributed by atoms with van der Waals surface area (Å²) in [5.74, 6) is 1.38. The molecule has 1 saturated heterocycles. The zero-order valence-electron chi connectivity index (χ0n) is 14.4. The maximum absolute atomic E-state index is 12.2. The number of quaternary nitrogens is 2. The maximum atomic E-state index is 12.2. The number of ether oxygens (including phenoxy) is 2. The van der Waals surface area contributed by atoms with E-state index in [9.17, 15) is 4.79 Å². The summed E-state index contributed by atoms with van der Waals surface area (Å²) in [6.07, 6.45) is 0.538. The third-order valence-electron chi connectivity index (χ3n) is 4.51. The third kappa shape index (κ3) is 5.41. The van der Waals surface area contributed by atoms with E-state index in [0.717, 1.165) is 19.6 Å². The summed E-state index contributed by atoms with van der Waals surface area (Å²) >= 11 is 0. The smallest absolute Gasteiger partial charge is 0.230 e. The molecule has 0 bridgehead atoms. The number of piperazine rings is 1. The fourth-order valence-corrected chi connectivity index (χ4v) is 2.95. The van der Waals surface area contributed by atoms with Gasteiger partial charge in [-0.1, -0.05) is 0 Å². The number of carbonyl (C=O) groups is 1. The van der Waals surface area contributed by atoms with Crippen molar-refractivity contribution in [2.24, 2.45) is 0 Å². The van der Waals surface area contributed by atoms with E-state index in [4.69, 9.17) is 9.47 Å². The second-order valence-corrected chi connectivity index (χ2v) is 6.00. The highest BCUT2D eigenvalue weighted by atomic mass is 16.5. The van der Waals surface area contributed by atoms with Gasteiger partial charge in [-0.25, -0.2) is 0 Å². The lowest BCUT2D eigenvalue weighted by molar-refractivity contribution is -1.01. The van der Waals surface area contributed by atoms with Crippen molar-refractivity contribution < 1.29 is 24.1 Å². The molecule has 3 N–H and O–H groups in total. The van der Waals surface area contributed by atoms with Gasteiger partial charge in [0.2, 0.25) is 5.91 Å². The molecule has 1 aromatic rings. The van der Waals surface area contributed by atoms with Crippen LogP contribution in [0, 0.1) is 0 Å². The van der Waals surface area contributed by atoms with Crippen molar-refractivity contribution in [1.29, 1.82) is 0 Å². The Labute approximate surface area is 138 Å². The molecule has 0 saturated carbocycles. The van der Waals surface area contributed by atoms with Gasteiger partial charge in [-0.2, -0.15) is 0 Å². The van der Waals surface area contributed by atoms with Crippen molar-refractivity contribution in [2.75, 3.05) is 58.8 Å². The highest BCUT2D eigenvalue weighted by molar-refractivity contribution is 5.91. The lowest BCUT2D eigenvalue weighted by atomic mass is 10.2. The first-order valence-corrected chi connectivity index (χ1v) is 8.34. The number of amides is 1. The van der Waals surface area contributed by atoms with Crippen molar-refractivity contribution in [1.82, 2.24) is 0 Å². The van der Waals surface area contributed by atoms with E-state index >= 15 is 0 Å². The second kappa shape index (κ2) is 8.74. The van der Waals surface area contributed by atoms with E-state index in [0.29, 0.717) is 23.6 Å². The van der Waals surface area contributed by atoms with E-state index in [1.807, 2.05) is 0 Å². The van der Waals surface area contributed by atoms with Gasteiger partial charge in [0.05, 0.1) is 33.7 Å². The minimum Gasteiger partial charge on any atom is -0.497 e. The molecule has 1 heterocycles. The van der Waals surface area contributed by atoms with Crippen LogP contribution >= 0.6 is 0 Å². The number of benzene rings is 1. The normalized spacial score (nSPS) is 20.8. The quantitative estimate of drug-likeness (QED) is 0.593. The summed E-state index contributed by atoms with van der Waals surface area (Å²) in [6.45, 7) is 9.06. The average Bonchev–Trinajstić information content (AvgIpc) is 2.60. The Balaban J connectivity index is 1.81.